The van der Waals surface area contributed by atoms with Gasteiger partial charge in [0.25, 0.3) is 0 Å². The van der Waals surface area contributed by atoms with Gasteiger partial charge in [-0.1, -0.05) is 5.16 Å². The minimum atomic E-state index is 0.314. The number of nitrogen functional groups attached to an aromatic ring is 1. The molecule has 0 aliphatic carbocycles. The second-order valence-corrected chi connectivity index (χ2v) is 2.91. The van der Waals surface area contributed by atoms with E-state index in [2.05, 4.69) is 10.3 Å². The Labute approximate surface area is 75.1 Å². The first-order valence-electron chi connectivity index (χ1n) is 3.90. The Kier molecular flexibility index (Phi) is 1.58. The molecule has 2 rings (SSSR count). The Balaban J connectivity index is 2.51. The average molecular weight is 178 g/mol. The summed E-state index contributed by atoms with van der Waals surface area (Å²) < 4.78 is 6.51. The number of aromatic nitrogens is 3. The van der Waals surface area contributed by atoms with Crippen LogP contribution in [0.2, 0.25) is 0 Å². The molecule has 0 amide bonds. The van der Waals surface area contributed by atoms with Crippen molar-refractivity contribution >= 4 is 5.88 Å². The third-order valence-electron chi connectivity index (χ3n) is 1.79. The molecule has 0 atom stereocenters. The lowest BCUT2D eigenvalue weighted by molar-refractivity contribution is 0.438. The van der Waals surface area contributed by atoms with Gasteiger partial charge in [-0.25, -0.2) is 0 Å². The fourth-order valence-corrected chi connectivity index (χ4v) is 1.26. The van der Waals surface area contributed by atoms with E-state index >= 15 is 0 Å². The Bertz CT molecular complexity index is 429. The van der Waals surface area contributed by atoms with Crippen molar-refractivity contribution in [2.75, 3.05) is 5.73 Å². The van der Waals surface area contributed by atoms with Crippen LogP contribution in [0.1, 0.15) is 5.69 Å². The van der Waals surface area contributed by atoms with E-state index < -0.39 is 0 Å². The van der Waals surface area contributed by atoms with Crippen molar-refractivity contribution in [3.63, 3.8) is 0 Å². The Morgan fingerprint density at radius 1 is 1.46 bits per heavy atom. The van der Waals surface area contributed by atoms with E-state index in [0.29, 0.717) is 11.6 Å². The third kappa shape index (κ3) is 1.28. The zero-order valence-corrected chi connectivity index (χ0v) is 7.48. The summed E-state index contributed by atoms with van der Waals surface area (Å²) >= 11 is 0. The first-order valence-corrected chi connectivity index (χ1v) is 3.90. The normalized spacial score (nSPS) is 10.6. The van der Waals surface area contributed by atoms with Crippen molar-refractivity contribution in [1.82, 2.24) is 14.9 Å². The largest absolute Gasteiger partial charge is 0.368 e. The monoisotopic (exact) mass is 178 g/mol. The Morgan fingerprint density at radius 3 is 2.69 bits per heavy atom. The second-order valence-electron chi connectivity index (χ2n) is 2.91. The fourth-order valence-electron chi connectivity index (χ4n) is 1.26. The van der Waals surface area contributed by atoms with E-state index in [4.69, 9.17) is 10.3 Å². The van der Waals surface area contributed by atoms with Crippen LogP contribution in [0.4, 0.5) is 5.88 Å². The average Bonchev–Trinajstić information content (AvgIpc) is 2.58. The molecule has 0 aliphatic heterocycles. The highest BCUT2D eigenvalue weighted by Gasteiger charge is 2.09. The number of hydrogen-bond acceptors (Lipinski definition) is 4. The third-order valence-corrected chi connectivity index (χ3v) is 1.79. The van der Waals surface area contributed by atoms with Crippen LogP contribution in [0.15, 0.2) is 16.7 Å². The molecule has 0 aliphatic rings. The molecule has 2 aromatic heterocycles. The van der Waals surface area contributed by atoms with Crippen molar-refractivity contribution in [2.45, 2.75) is 6.92 Å². The molecule has 2 aromatic rings. The molecule has 13 heavy (non-hydrogen) atoms. The minimum absolute atomic E-state index is 0.314. The van der Waals surface area contributed by atoms with Crippen molar-refractivity contribution in [3.8, 4) is 11.4 Å². The van der Waals surface area contributed by atoms with Crippen molar-refractivity contribution < 1.29 is 4.52 Å². The topological polar surface area (TPSA) is 69.9 Å². The highest BCUT2D eigenvalue weighted by molar-refractivity contribution is 5.57. The maximum Gasteiger partial charge on any atom is 0.222 e. The zero-order chi connectivity index (χ0) is 9.42. The van der Waals surface area contributed by atoms with E-state index in [1.807, 2.05) is 20.0 Å². The van der Waals surface area contributed by atoms with Gasteiger partial charge < -0.3 is 10.3 Å². The molecular formula is C8H10N4O. The Morgan fingerprint density at radius 2 is 2.23 bits per heavy atom. The summed E-state index contributed by atoms with van der Waals surface area (Å²) in [6.45, 7) is 1.92. The van der Waals surface area contributed by atoms with Gasteiger partial charge >= 0.3 is 0 Å². The SMILES string of the molecule is Cc1cc(-c2cc(N)on2)n(C)n1. The first-order chi connectivity index (χ1) is 6.16. The van der Waals surface area contributed by atoms with Gasteiger partial charge in [-0.05, 0) is 13.0 Å². The predicted octanol–water partition coefficient (Wildman–Crippen LogP) is 0.966. The zero-order valence-electron chi connectivity index (χ0n) is 7.48. The quantitative estimate of drug-likeness (QED) is 0.706. The summed E-state index contributed by atoms with van der Waals surface area (Å²) in [6, 6.07) is 3.60. The molecule has 0 bridgehead atoms. The molecule has 0 saturated carbocycles. The van der Waals surface area contributed by atoms with Crippen molar-refractivity contribution in [2.24, 2.45) is 7.05 Å². The minimum Gasteiger partial charge on any atom is -0.368 e. The van der Waals surface area contributed by atoms with Gasteiger partial charge in [0, 0.05) is 13.1 Å². The summed E-state index contributed by atoms with van der Waals surface area (Å²) in [5.41, 5.74) is 7.97. The molecule has 5 heteroatoms. The first kappa shape index (κ1) is 7.85. The van der Waals surface area contributed by atoms with E-state index in [1.54, 1.807) is 10.7 Å². The number of hydrogen-bond donors (Lipinski definition) is 1. The van der Waals surface area contributed by atoms with E-state index in [-0.39, 0.29) is 0 Å². The van der Waals surface area contributed by atoms with Crippen LogP contribution in [0.5, 0.6) is 0 Å². The summed E-state index contributed by atoms with van der Waals surface area (Å²) in [7, 11) is 1.85. The van der Waals surface area contributed by atoms with Crippen LogP contribution < -0.4 is 5.73 Å². The van der Waals surface area contributed by atoms with E-state index in [9.17, 15) is 0 Å². The van der Waals surface area contributed by atoms with Crippen LogP contribution >= 0.6 is 0 Å². The van der Waals surface area contributed by atoms with Crippen LogP contribution in [-0.2, 0) is 7.05 Å². The standard InChI is InChI=1S/C8H10N4O/c1-5-3-7(12(2)10-5)6-4-8(9)13-11-6/h3-4H,9H2,1-2H3. The summed E-state index contributed by atoms with van der Waals surface area (Å²) in [5.74, 6) is 0.314. The fraction of sp³-hybridized carbons (Fsp3) is 0.250. The van der Waals surface area contributed by atoms with Crippen molar-refractivity contribution in [1.29, 1.82) is 0 Å². The van der Waals surface area contributed by atoms with Gasteiger partial charge in [-0.3, -0.25) is 4.68 Å². The molecule has 2 heterocycles. The van der Waals surface area contributed by atoms with Gasteiger partial charge in [0.1, 0.15) is 5.69 Å². The second kappa shape index (κ2) is 2.62. The van der Waals surface area contributed by atoms with Gasteiger partial charge in [0.05, 0.1) is 11.4 Å². The highest BCUT2D eigenvalue weighted by atomic mass is 16.5. The molecule has 0 spiro atoms. The number of anilines is 1. The summed E-state index contributed by atoms with van der Waals surface area (Å²) in [4.78, 5) is 0. The molecule has 68 valence electrons. The molecule has 0 aromatic carbocycles. The smallest absolute Gasteiger partial charge is 0.222 e. The Hall–Kier alpha value is -1.78. The van der Waals surface area contributed by atoms with Crippen LogP contribution in [0, 0.1) is 6.92 Å². The predicted molar refractivity (Wildman–Crippen MR) is 47.9 cm³/mol. The van der Waals surface area contributed by atoms with Gasteiger partial charge in [0.15, 0.2) is 0 Å². The van der Waals surface area contributed by atoms with E-state index in [1.165, 1.54) is 0 Å². The molecule has 2 N–H and O–H groups in total. The lowest BCUT2D eigenvalue weighted by Gasteiger charge is -1.93. The van der Waals surface area contributed by atoms with E-state index in [0.717, 1.165) is 11.4 Å². The number of rotatable bonds is 1. The molecule has 5 nitrogen and oxygen atoms in total. The molecule has 0 fully saturated rings. The number of aryl methyl sites for hydroxylation is 2. The maximum absolute atomic E-state index is 5.41. The lowest BCUT2D eigenvalue weighted by Crippen LogP contribution is -1.93. The van der Waals surface area contributed by atoms with Gasteiger partial charge in [-0.15, -0.1) is 0 Å². The molecule has 0 unspecified atom stereocenters. The number of nitrogens with two attached hydrogens (primary N) is 1. The summed E-state index contributed by atoms with van der Waals surface area (Å²) in [6.07, 6.45) is 0. The molecule has 0 radical (unpaired) electrons. The molecule has 0 saturated heterocycles. The van der Waals surface area contributed by atoms with Crippen LogP contribution in [0.3, 0.4) is 0 Å². The summed E-state index contributed by atoms with van der Waals surface area (Å²) in [5, 5.41) is 7.99. The van der Waals surface area contributed by atoms with Crippen LogP contribution in [0.25, 0.3) is 11.4 Å². The van der Waals surface area contributed by atoms with Gasteiger partial charge in [0.2, 0.25) is 5.88 Å². The van der Waals surface area contributed by atoms with Crippen molar-refractivity contribution in [3.05, 3.63) is 17.8 Å². The number of nitrogens with zero attached hydrogens (tertiary/aromatic N) is 3. The van der Waals surface area contributed by atoms with Gasteiger partial charge in [-0.2, -0.15) is 5.10 Å². The molecular weight excluding hydrogens is 168 g/mol. The lowest BCUT2D eigenvalue weighted by atomic mass is 10.3. The highest BCUT2D eigenvalue weighted by Crippen LogP contribution is 2.19. The maximum atomic E-state index is 5.41. The van der Waals surface area contributed by atoms with Crippen LogP contribution in [-0.4, -0.2) is 14.9 Å².